The summed E-state index contributed by atoms with van der Waals surface area (Å²) in [5, 5.41) is 0.945. The molecule has 0 aliphatic carbocycles. The Labute approximate surface area is 138 Å². The van der Waals surface area contributed by atoms with Crippen LogP contribution in [0.3, 0.4) is 0 Å². The van der Waals surface area contributed by atoms with E-state index in [2.05, 4.69) is 4.72 Å². The van der Waals surface area contributed by atoms with Gasteiger partial charge in [-0.3, -0.25) is 4.72 Å². The zero-order valence-corrected chi connectivity index (χ0v) is 13.8. The predicted molar refractivity (Wildman–Crippen MR) is 89.6 cm³/mol. The van der Waals surface area contributed by atoms with Gasteiger partial charge in [0.1, 0.15) is 11.3 Å². The number of fused-ring (bicyclic) bond motifs is 1. The van der Waals surface area contributed by atoms with Gasteiger partial charge in [0.15, 0.2) is 0 Å². The van der Waals surface area contributed by atoms with Gasteiger partial charge in [-0.25, -0.2) is 0 Å². The summed E-state index contributed by atoms with van der Waals surface area (Å²) in [4.78, 5) is 0. The average Bonchev–Trinajstić information content (AvgIpc) is 2.95. The third-order valence-electron chi connectivity index (χ3n) is 3.15. The first kappa shape index (κ1) is 15.7. The third kappa shape index (κ3) is 3.28. The van der Waals surface area contributed by atoms with Crippen LogP contribution in [0.2, 0.25) is 5.02 Å². The van der Waals surface area contributed by atoms with Crippen molar-refractivity contribution in [3.63, 3.8) is 0 Å². The van der Waals surface area contributed by atoms with Crippen molar-refractivity contribution >= 4 is 38.3 Å². The lowest BCUT2D eigenvalue weighted by molar-refractivity contribution is 0.342. The van der Waals surface area contributed by atoms with E-state index in [0.29, 0.717) is 28.3 Å². The van der Waals surface area contributed by atoms with E-state index >= 15 is 0 Å². The number of benzene rings is 2. The van der Waals surface area contributed by atoms with Crippen molar-refractivity contribution in [2.75, 3.05) is 11.3 Å². The van der Waals surface area contributed by atoms with Crippen LogP contribution >= 0.6 is 11.6 Å². The number of hydrogen-bond acceptors (Lipinski definition) is 4. The fraction of sp³-hybridized carbons (Fsp3) is 0.125. The zero-order chi connectivity index (χ0) is 16.4. The van der Waals surface area contributed by atoms with E-state index in [1.807, 2.05) is 13.0 Å². The van der Waals surface area contributed by atoms with Gasteiger partial charge in [-0.2, -0.15) is 8.42 Å². The van der Waals surface area contributed by atoms with Gasteiger partial charge < -0.3 is 9.15 Å². The maximum absolute atomic E-state index is 12.5. The van der Waals surface area contributed by atoms with Crippen LogP contribution in [0, 0.1) is 0 Å². The Bertz CT molecular complexity index is 917. The molecule has 0 atom stereocenters. The van der Waals surface area contributed by atoms with Crippen molar-refractivity contribution < 1.29 is 17.6 Å². The topological polar surface area (TPSA) is 68.5 Å². The van der Waals surface area contributed by atoms with Gasteiger partial charge in [-0.1, -0.05) is 29.8 Å². The number of ether oxygens (including phenoxy) is 1. The van der Waals surface area contributed by atoms with Crippen molar-refractivity contribution in [3.05, 3.63) is 53.6 Å². The second kappa shape index (κ2) is 6.14. The first-order valence-electron chi connectivity index (χ1n) is 6.93. The van der Waals surface area contributed by atoms with Crippen LogP contribution in [-0.4, -0.2) is 15.0 Å². The highest BCUT2D eigenvalue weighted by molar-refractivity contribution is 7.92. The van der Waals surface area contributed by atoms with E-state index in [1.165, 1.54) is 12.1 Å². The molecule has 3 aromatic rings. The molecule has 0 spiro atoms. The predicted octanol–water partition coefficient (Wildman–Crippen LogP) is 4.29. The van der Waals surface area contributed by atoms with Crippen LogP contribution in [0.1, 0.15) is 6.92 Å². The molecule has 0 saturated carbocycles. The molecule has 0 unspecified atom stereocenters. The molecule has 5 nitrogen and oxygen atoms in total. The highest BCUT2D eigenvalue weighted by atomic mass is 35.5. The molecule has 0 fully saturated rings. The Morgan fingerprint density at radius 3 is 2.70 bits per heavy atom. The first-order valence-corrected chi connectivity index (χ1v) is 8.79. The fourth-order valence-corrected chi connectivity index (χ4v) is 3.35. The van der Waals surface area contributed by atoms with Crippen LogP contribution in [0.15, 0.2) is 58.0 Å². The highest BCUT2D eigenvalue weighted by Crippen LogP contribution is 2.31. The summed E-state index contributed by atoms with van der Waals surface area (Å²) in [6, 6.07) is 13.3. The van der Waals surface area contributed by atoms with Crippen LogP contribution in [-0.2, 0) is 10.0 Å². The lowest BCUT2D eigenvalue weighted by Crippen LogP contribution is -2.13. The summed E-state index contributed by atoms with van der Waals surface area (Å²) in [6.07, 6.45) is 0. The number of rotatable bonds is 5. The molecule has 2 aromatic carbocycles. The number of furan rings is 1. The Morgan fingerprint density at radius 1 is 1.17 bits per heavy atom. The Hall–Kier alpha value is -2.18. The monoisotopic (exact) mass is 351 g/mol. The van der Waals surface area contributed by atoms with Gasteiger partial charge in [-0.15, -0.1) is 0 Å². The average molecular weight is 352 g/mol. The maximum atomic E-state index is 12.5. The molecular formula is C16H14ClNO4S. The molecule has 0 aliphatic heterocycles. The molecule has 120 valence electrons. The second-order valence-corrected chi connectivity index (χ2v) is 6.83. The van der Waals surface area contributed by atoms with Gasteiger partial charge in [0.2, 0.25) is 5.09 Å². The fourth-order valence-electron chi connectivity index (χ4n) is 2.15. The molecule has 1 heterocycles. The van der Waals surface area contributed by atoms with Gasteiger partial charge in [0.25, 0.3) is 10.0 Å². The van der Waals surface area contributed by atoms with Crippen molar-refractivity contribution in [3.8, 4) is 5.75 Å². The third-order valence-corrected chi connectivity index (χ3v) is 4.61. The molecule has 7 heteroatoms. The van der Waals surface area contributed by atoms with Crippen LogP contribution in [0.5, 0.6) is 5.75 Å². The van der Waals surface area contributed by atoms with Crippen molar-refractivity contribution in [2.24, 2.45) is 0 Å². The van der Waals surface area contributed by atoms with E-state index < -0.39 is 10.0 Å². The van der Waals surface area contributed by atoms with Crippen molar-refractivity contribution in [1.29, 1.82) is 0 Å². The van der Waals surface area contributed by atoms with Crippen LogP contribution in [0.4, 0.5) is 5.69 Å². The molecule has 3 rings (SSSR count). The number of nitrogens with one attached hydrogen (secondary N) is 1. The van der Waals surface area contributed by atoms with Gasteiger partial charge in [0.05, 0.1) is 12.3 Å². The zero-order valence-electron chi connectivity index (χ0n) is 12.2. The van der Waals surface area contributed by atoms with Gasteiger partial charge in [0, 0.05) is 16.5 Å². The lowest BCUT2D eigenvalue weighted by atomic mass is 10.3. The quantitative estimate of drug-likeness (QED) is 0.744. The molecule has 0 radical (unpaired) electrons. The van der Waals surface area contributed by atoms with Crippen LogP contribution < -0.4 is 9.46 Å². The SMILES string of the molecule is CCOc1ccc(Cl)cc1NS(=O)(=O)c1cc2ccccc2o1. The van der Waals surface area contributed by atoms with E-state index in [1.54, 1.807) is 30.3 Å². The summed E-state index contributed by atoms with van der Waals surface area (Å²) in [5.41, 5.74) is 0.767. The number of para-hydroxylation sites is 1. The van der Waals surface area contributed by atoms with E-state index in [0.717, 1.165) is 0 Å². The first-order chi connectivity index (χ1) is 11.0. The number of anilines is 1. The summed E-state index contributed by atoms with van der Waals surface area (Å²) >= 11 is 5.94. The van der Waals surface area contributed by atoms with Crippen molar-refractivity contribution in [2.45, 2.75) is 12.0 Å². The summed E-state index contributed by atoms with van der Waals surface area (Å²) in [6.45, 7) is 2.22. The summed E-state index contributed by atoms with van der Waals surface area (Å²) in [7, 11) is -3.89. The molecule has 0 saturated heterocycles. The molecular weight excluding hydrogens is 338 g/mol. The molecule has 1 N–H and O–H groups in total. The van der Waals surface area contributed by atoms with Gasteiger partial charge in [-0.05, 0) is 31.2 Å². The smallest absolute Gasteiger partial charge is 0.295 e. The lowest BCUT2D eigenvalue weighted by Gasteiger charge is -2.12. The Kier molecular flexibility index (Phi) is 4.19. The summed E-state index contributed by atoms with van der Waals surface area (Å²) in [5.74, 6) is 0.400. The molecule has 1 aromatic heterocycles. The molecule has 23 heavy (non-hydrogen) atoms. The number of halogens is 1. The molecule has 0 amide bonds. The summed E-state index contributed by atoms with van der Waals surface area (Å²) < 4.78 is 38.4. The number of hydrogen-bond donors (Lipinski definition) is 1. The molecule has 0 aliphatic rings. The minimum Gasteiger partial charge on any atom is -0.492 e. The van der Waals surface area contributed by atoms with E-state index in [4.69, 9.17) is 20.8 Å². The number of sulfonamides is 1. The van der Waals surface area contributed by atoms with E-state index in [9.17, 15) is 8.42 Å². The normalized spacial score (nSPS) is 11.6. The maximum Gasteiger partial charge on any atom is 0.295 e. The van der Waals surface area contributed by atoms with Crippen molar-refractivity contribution in [1.82, 2.24) is 0 Å². The standard InChI is InChI=1S/C16H14ClNO4S/c1-2-21-15-8-7-12(17)10-13(15)18-23(19,20)16-9-11-5-3-4-6-14(11)22-16/h3-10,18H,2H2,1H3. The van der Waals surface area contributed by atoms with Crippen LogP contribution in [0.25, 0.3) is 11.0 Å². The Balaban J connectivity index is 1.99. The highest BCUT2D eigenvalue weighted by Gasteiger charge is 2.21. The minimum absolute atomic E-state index is 0.166. The van der Waals surface area contributed by atoms with E-state index in [-0.39, 0.29) is 10.8 Å². The second-order valence-electron chi connectivity index (χ2n) is 4.78. The largest absolute Gasteiger partial charge is 0.492 e. The van der Waals surface area contributed by atoms with Gasteiger partial charge >= 0.3 is 0 Å². The molecule has 0 bridgehead atoms. The minimum atomic E-state index is -3.89. The Morgan fingerprint density at radius 2 is 1.96 bits per heavy atom.